The van der Waals surface area contributed by atoms with Gasteiger partial charge in [0.2, 0.25) is 0 Å². The number of aliphatic hydroxyl groups excluding tert-OH is 1. The van der Waals surface area contributed by atoms with Gasteiger partial charge in [0.15, 0.2) is 0 Å². The molecule has 1 heterocycles. The topological polar surface area (TPSA) is 56.9 Å². The summed E-state index contributed by atoms with van der Waals surface area (Å²) >= 11 is 1.48. The molecule has 4 heteroatoms. The molecular formula is C8H10N2OS. The van der Waals surface area contributed by atoms with Crippen molar-refractivity contribution in [3.63, 3.8) is 0 Å². The van der Waals surface area contributed by atoms with Gasteiger partial charge in [0.1, 0.15) is 6.10 Å². The zero-order chi connectivity index (χ0) is 9.14. The van der Waals surface area contributed by atoms with E-state index in [0.717, 1.165) is 5.01 Å². The molecule has 1 aromatic heterocycles. The Morgan fingerprint density at radius 1 is 1.75 bits per heavy atom. The molecule has 12 heavy (non-hydrogen) atoms. The SMILES string of the molecule is Cc1nc(C(O)C(C)C#N)cs1. The summed E-state index contributed by atoms with van der Waals surface area (Å²) in [5.41, 5.74) is 0.603. The minimum absolute atomic E-state index is 0.397. The second-order valence-corrected chi connectivity index (χ2v) is 3.72. The summed E-state index contributed by atoms with van der Waals surface area (Å²) in [4.78, 5) is 4.10. The van der Waals surface area contributed by atoms with Gasteiger partial charge in [-0.25, -0.2) is 4.98 Å². The van der Waals surface area contributed by atoms with Gasteiger partial charge >= 0.3 is 0 Å². The van der Waals surface area contributed by atoms with E-state index in [1.165, 1.54) is 11.3 Å². The summed E-state index contributed by atoms with van der Waals surface area (Å²) in [5, 5.41) is 20.8. The fraction of sp³-hybridized carbons (Fsp3) is 0.500. The van der Waals surface area contributed by atoms with E-state index in [-0.39, 0.29) is 0 Å². The third-order valence-corrected chi connectivity index (χ3v) is 2.41. The summed E-state index contributed by atoms with van der Waals surface area (Å²) in [6.07, 6.45) is -0.750. The molecule has 0 amide bonds. The van der Waals surface area contributed by atoms with E-state index in [4.69, 9.17) is 5.26 Å². The second-order valence-electron chi connectivity index (χ2n) is 2.65. The van der Waals surface area contributed by atoms with Gasteiger partial charge in [-0.05, 0) is 13.8 Å². The normalized spacial score (nSPS) is 15.2. The Bertz CT molecular complexity index is 302. The van der Waals surface area contributed by atoms with Crippen molar-refractivity contribution >= 4 is 11.3 Å². The number of hydrogen-bond donors (Lipinski definition) is 1. The third kappa shape index (κ3) is 1.81. The van der Waals surface area contributed by atoms with E-state index < -0.39 is 12.0 Å². The van der Waals surface area contributed by atoms with Crippen LogP contribution in [0.2, 0.25) is 0 Å². The first kappa shape index (κ1) is 9.17. The van der Waals surface area contributed by atoms with Crippen LogP contribution in [0, 0.1) is 24.2 Å². The van der Waals surface area contributed by atoms with E-state index >= 15 is 0 Å². The predicted octanol–water partition coefficient (Wildman–Crippen LogP) is 1.64. The Kier molecular flexibility index (Phi) is 2.79. The van der Waals surface area contributed by atoms with Crippen LogP contribution < -0.4 is 0 Å². The molecule has 3 nitrogen and oxygen atoms in total. The number of nitriles is 1. The molecule has 0 bridgehead atoms. The average molecular weight is 182 g/mol. The molecule has 0 aromatic carbocycles. The lowest BCUT2D eigenvalue weighted by Crippen LogP contribution is -2.07. The van der Waals surface area contributed by atoms with E-state index in [9.17, 15) is 5.11 Å². The minimum Gasteiger partial charge on any atom is -0.385 e. The highest BCUT2D eigenvalue weighted by Crippen LogP contribution is 2.22. The summed E-state index contributed by atoms with van der Waals surface area (Å²) < 4.78 is 0. The first-order valence-electron chi connectivity index (χ1n) is 3.65. The Hall–Kier alpha value is -0.920. The average Bonchev–Trinajstić information content (AvgIpc) is 2.49. The summed E-state index contributed by atoms with van der Waals surface area (Å²) in [7, 11) is 0. The number of hydrogen-bond acceptors (Lipinski definition) is 4. The molecule has 0 aliphatic rings. The Labute approximate surface area is 75.3 Å². The number of rotatable bonds is 2. The van der Waals surface area contributed by atoms with Crippen molar-refractivity contribution in [3.8, 4) is 6.07 Å². The zero-order valence-corrected chi connectivity index (χ0v) is 7.80. The molecule has 2 unspecified atom stereocenters. The molecule has 0 radical (unpaired) electrons. The molecule has 64 valence electrons. The molecule has 1 N–H and O–H groups in total. The standard InChI is InChI=1S/C8H10N2OS/c1-5(3-9)8(11)7-4-12-6(2)10-7/h4-5,8,11H,1-2H3. The number of nitrogens with zero attached hydrogens (tertiary/aromatic N) is 2. The summed E-state index contributed by atoms with van der Waals surface area (Å²) in [5.74, 6) is -0.397. The quantitative estimate of drug-likeness (QED) is 0.756. The molecule has 0 fully saturated rings. The molecule has 0 aliphatic heterocycles. The van der Waals surface area contributed by atoms with E-state index in [2.05, 4.69) is 4.98 Å². The van der Waals surface area contributed by atoms with Crippen LogP contribution in [-0.2, 0) is 0 Å². The van der Waals surface area contributed by atoms with E-state index in [1.807, 2.05) is 13.0 Å². The largest absolute Gasteiger partial charge is 0.385 e. The maximum Gasteiger partial charge on any atom is 0.112 e. The van der Waals surface area contributed by atoms with Crippen LogP contribution in [0.1, 0.15) is 23.7 Å². The highest BCUT2D eigenvalue weighted by molar-refractivity contribution is 7.09. The van der Waals surface area contributed by atoms with Gasteiger partial charge in [-0.3, -0.25) is 0 Å². The van der Waals surface area contributed by atoms with E-state index in [1.54, 1.807) is 12.3 Å². The molecule has 1 aromatic rings. The fourth-order valence-corrected chi connectivity index (χ4v) is 1.48. The third-order valence-electron chi connectivity index (χ3n) is 1.62. The molecule has 0 saturated heterocycles. The van der Waals surface area contributed by atoms with Gasteiger partial charge in [-0.2, -0.15) is 5.26 Å². The first-order chi connectivity index (χ1) is 5.65. The summed E-state index contributed by atoms with van der Waals surface area (Å²) in [6, 6.07) is 1.99. The maximum atomic E-state index is 9.52. The predicted molar refractivity (Wildman–Crippen MR) is 46.6 cm³/mol. The number of aliphatic hydroxyl groups is 1. The van der Waals surface area contributed by atoms with Crippen LogP contribution in [0.3, 0.4) is 0 Å². The van der Waals surface area contributed by atoms with Gasteiger partial charge in [0.25, 0.3) is 0 Å². The van der Waals surface area contributed by atoms with Crippen LogP contribution >= 0.6 is 11.3 Å². The highest BCUT2D eigenvalue weighted by Gasteiger charge is 2.17. The molecule has 2 atom stereocenters. The van der Waals surface area contributed by atoms with Gasteiger partial charge in [0.05, 0.1) is 22.7 Å². The van der Waals surface area contributed by atoms with Crippen LogP contribution in [0.15, 0.2) is 5.38 Å². The number of thiazole rings is 1. The van der Waals surface area contributed by atoms with E-state index in [0.29, 0.717) is 5.69 Å². The van der Waals surface area contributed by atoms with Gasteiger partial charge < -0.3 is 5.11 Å². The van der Waals surface area contributed by atoms with Crippen LogP contribution in [0.25, 0.3) is 0 Å². The lowest BCUT2D eigenvalue weighted by molar-refractivity contribution is 0.139. The highest BCUT2D eigenvalue weighted by atomic mass is 32.1. The van der Waals surface area contributed by atoms with Crippen LogP contribution in [0.5, 0.6) is 0 Å². The Morgan fingerprint density at radius 2 is 2.42 bits per heavy atom. The zero-order valence-electron chi connectivity index (χ0n) is 6.98. The lowest BCUT2D eigenvalue weighted by atomic mass is 10.1. The first-order valence-corrected chi connectivity index (χ1v) is 4.53. The number of aromatic nitrogens is 1. The minimum atomic E-state index is -0.750. The molecule has 0 aliphatic carbocycles. The van der Waals surface area contributed by atoms with Crippen molar-refractivity contribution in [2.24, 2.45) is 5.92 Å². The van der Waals surface area contributed by atoms with Crippen molar-refractivity contribution in [1.29, 1.82) is 5.26 Å². The molecular weight excluding hydrogens is 172 g/mol. The molecule has 0 saturated carbocycles. The van der Waals surface area contributed by atoms with Crippen molar-refractivity contribution in [3.05, 3.63) is 16.1 Å². The monoisotopic (exact) mass is 182 g/mol. The van der Waals surface area contributed by atoms with Gasteiger partial charge in [-0.15, -0.1) is 11.3 Å². The number of aryl methyl sites for hydroxylation is 1. The van der Waals surface area contributed by atoms with Crippen molar-refractivity contribution in [1.82, 2.24) is 4.98 Å². The fourth-order valence-electron chi connectivity index (χ4n) is 0.843. The van der Waals surface area contributed by atoms with Crippen molar-refractivity contribution < 1.29 is 5.11 Å². The Morgan fingerprint density at radius 3 is 2.83 bits per heavy atom. The molecule has 1 rings (SSSR count). The lowest BCUT2D eigenvalue weighted by Gasteiger charge is -2.08. The maximum absolute atomic E-state index is 9.52. The van der Waals surface area contributed by atoms with Crippen LogP contribution in [0.4, 0.5) is 0 Å². The van der Waals surface area contributed by atoms with Gasteiger partial charge in [0, 0.05) is 5.38 Å². The van der Waals surface area contributed by atoms with Crippen LogP contribution in [-0.4, -0.2) is 10.1 Å². The Balaban J connectivity index is 2.79. The second kappa shape index (κ2) is 3.65. The van der Waals surface area contributed by atoms with Crippen molar-refractivity contribution in [2.45, 2.75) is 20.0 Å². The van der Waals surface area contributed by atoms with Crippen molar-refractivity contribution in [2.75, 3.05) is 0 Å². The molecule has 0 spiro atoms. The smallest absolute Gasteiger partial charge is 0.112 e. The van der Waals surface area contributed by atoms with Gasteiger partial charge in [-0.1, -0.05) is 0 Å². The summed E-state index contributed by atoms with van der Waals surface area (Å²) in [6.45, 7) is 3.55.